The normalized spacial score (nSPS) is 17.1. The molecule has 6 heteroatoms. The van der Waals surface area contributed by atoms with Gasteiger partial charge in [0.1, 0.15) is 11.6 Å². The van der Waals surface area contributed by atoms with Crippen molar-refractivity contribution < 1.29 is 19.0 Å². The van der Waals surface area contributed by atoms with Gasteiger partial charge in [-0.25, -0.2) is 4.39 Å². The number of β-amino-alcohol motifs (C(OH)–C–C–N with tert-alkyl or cyclic N) is 1. The van der Waals surface area contributed by atoms with E-state index in [1.807, 2.05) is 4.90 Å². The largest absolute Gasteiger partial charge is 0.493 e. The molecule has 1 fully saturated rings. The van der Waals surface area contributed by atoms with Crippen LogP contribution in [0.5, 0.6) is 5.75 Å². The molecule has 1 amide bonds. The van der Waals surface area contributed by atoms with E-state index in [0.29, 0.717) is 44.8 Å². The van der Waals surface area contributed by atoms with Crippen LogP contribution in [0.4, 0.5) is 4.39 Å². The quantitative estimate of drug-likeness (QED) is 0.773. The van der Waals surface area contributed by atoms with Crippen LogP contribution in [0.2, 0.25) is 0 Å². The Morgan fingerprint density at radius 2 is 2.09 bits per heavy atom. The first kappa shape index (κ1) is 17.7. The molecule has 0 radical (unpaired) electrons. The monoisotopic (exact) mass is 324 g/mol. The molecule has 1 heterocycles. The second-order valence-corrected chi connectivity index (χ2v) is 5.94. The number of amides is 1. The Morgan fingerprint density at radius 1 is 1.35 bits per heavy atom. The average molecular weight is 324 g/mol. The van der Waals surface area contributed by atoms with Gasteiger partial charge in [0.05, 0.1) is 12.7 Å². The van der Waals surface area contributed by atoms with Crippen LogP contribution in [0.3, 0.4) is 0 Å². The number of carbonyl (C=O) groups excluding carboxylic acids is 1. The van der Waals surface area contributed by atoms with Crippen LogP contribution in [-0.4, -0.2) is 66.2 Å². The number of aliphatic hydroxyl groups is 1. The summed E-state index contributed by atoms with van der Waals surface area (Å²) in [6.45, 7) is 5.84. The van der Waals surface area contributed by atoms with E-state index in [1.54, 1.807) is 19.1 Å². The Hall–Kier alpha value is -1.66. The van der Waals surface area contributed by atoms with Crippen molar-refractivity contribution in [2.24, 2.45) is 0 Å². The summed E-state index contributed by atoms with van der Waals surface area (Å²) in [5, 5.41) is 9.37. The van der Waals surface area contributed by atoms with Crippen LogP contribution in [-0.2, 0) is 4.79 Å². The van der Waals surface area contributed by atoms with Crippen molar-refractivity contribution in [2.45, 2.75) is 25.9 Å². The van der Waals surface area contributed by atoms with E-state index in [2.05, 4.69) is 4.90 Å². The number of hydrogen-bond acceptors (Lipinski definition) is 4. The van der Waals surface area contributed by atoms with Crippen molar-refractivity contribution in [3.63, 3.8) is 0 Å². The predicted molar refractivity (Wildman–Crippen MR) is 85.8 cm³/mol. The minimum absolute atomic E-state index is 0.129. The summed E-state index contributed by atoms with van der Waals surface area (Å²) in [5.41, 5.74) is 0. The summed E-state index contributed by atoms with van der Waals surface area (Å²) < 4.78 is 18.4. The number of rotatable bonds is 7. The summed E-state index contributed by atoms with van der Waals surface area (Å²) in [7, 11) is 0. The molecular weight excluding hydrogens is 299 g/mol. The fourth-order valence-corrected chi connectivity index (χ4v) is 2.68. The van der Waals surface area contributed by atoms with Crippen LogP contribution in [0.15, 0.2) is 24.3 Å². The molecule has 1 aliphatic heterocycles. The Labute approximate surface area is 136 Å². The van der Waals surface area contributed by atoms with Crippen LogP contribution in [0, 0.1) is 5.82 Å². The summed E-state index contributed by atoms with van der Waals surface area (Å²) >= 11 is 0. The molecule has 2 rings (SSSR count). The SMILES string of the molecule is CC(O)CN1CCN(C(=O)CCCOc2cccc(F)c2)CC1. The summed E-state index contributed by atoms with van der Waals surface area (Å²) in [4.78, 5) is 16.2. The van der Waals surface area contributed by atoms with Crippen molar-refractivity contribution in [2.75, 3.05) is 39.3 Å². The van der Waals surface area contributed by atoms with Crippen molar-refractivity contribution in [3.05, 3.63) is 30.1 Å². The van der Waals surface area contributed by atoms with Gasteiger partial charge in [-0.1, -0.05) is 6.07 Å². The Balaban J connectivity index is 1.62. The molecule has 1 aliphatic rings. The van der Waals surface area contributed by atoms with Crippen molar-refractivity contribution in [1.82, 2.24) is 9.80 Å². The molecule has 0 saturated carbocycles. The van der Waals surface area contributed by atoms with Crippen molar-refractivity contribution in [1.29, 1.82) is 0 Å². The van der Waals surface area contributed by atoms with Crippen LogP contribution >= 0.6 is 0 Å². The van der Waals surface area contributed by atoms with Gasteiger partial charge in [-0.3, -0.25) is 9.69 Å². The topological polar surface area (TPSA) is 53.0 Å². The van der Waals surface area contributed by atoms with Gasteiger partial charge in [0.15, 0.2) is 0 Å². The molecule has 0 spiro atoms. The fraction of sp³-hybridized carbons (Fsp3) is 0.588. The summed E-state index contributed by atoms with van der Waals surface area (Å²) in [5.74, 6) is 0.294. The molecule has 1 aromatic rings. The van der Waals surface area contributed by atoms with Gasteiger partial charge in [-0.2, -0.15) is 0 Å². The third-order valence-corrected chi connectivity index (χ3v) is 3.85. The minimum Gasteiger partial charge on any atom is -0.493 e. The average Bonchev–Trinajstić information content (AvgIpc) is 2.51. The number of benzene rings is 1. The molecule has 1 unspecified atom stereocenters. The fourth-order valence-electron chi connectivity index (χ4n) is 2.68. The van der Waals surface area contributed by atoms with Crippen molar-refractivity contribution >= 4 is 5.91 Å². The first-order valence-electron chi connectivity index (χ1n) is 8.11. The number of hydrogen-bond donors (Lipinski definition) is 1. The maximum absolute atomic E-state index is 13.0. The van der Waals surface area contributed by atoms with Gasteiger partial charge in [0.25, 0.3) is 0 Å². The molecule has 128 valence electrons. The Morgan fingerprint density at radius 3 is 2.74 bits per heavy atom. The van der Waals surface area contributed by atoms with Gasteiger partial charge in [0.2, 0.25) is 5.91 Å². The lowest BCUT2D eigenvalue weighted by atomic mass is 10.2. The zero-order chi connectivity index (χ0) is 16.7. The predicted octanol–water partition coefficient (Wildman–Crippen LogP) is 1.51. The van der Waals surface area contributed by atoms with Gasteiger partial charge in [0, 0.05) is 45.2 Å². The van der Waals surface area contributed by atoms with E-state index < -0.39 is 0 Å². The zero-order valence-electron chi connectivity index (χ0n) is 13.6. The highest BCUT2D eigenvalue weighted by atomic mass is 19.1. The number of aliphatic hydroxyl groups excluding tert-OH is 1. The smallest absolute Gasteiger partial charge is 0.222 e. The van der Waals surface area contributed by atoms with E-state index in [1.165, 1.54) is 12.1 Å². The van der Waals surface area contributed by atoms with E-state index in [-0.39, 0.29) is 17.8 Å². The van der Waals surface area contributed by atoms with Gasteiger partial charge < -0.3 is 14.7 Å². The molecule has 1 saturated heterocycles. The maximum atomic E-state index is 13.0. The van der Waals surface area contributed by atoms with Crippen LogP contribution < -0.4 is 4.74 Å². The van der Waals surface area contributed by atoms with Crippen LogP contribution in [0.1, 0.15) is 19.8 Å². The minimum atomic E-state index is -0.336. The van der Waals surface area contributed by atoms with Gasteiger partial charge >= 0.3 is 0 Å². The Kier molecular flexibility index (Phi) is 6.80. The number of ether oxygens (including phenoxy) is 1. The molecule has 0 bridgehead atoms. The lowest BCUT2D eigenvalue weighted by Gasteiger charge is -2.35. The second kappa shape index (κ2) is 8.84. The first-order chi connectivity index (χ1) is 11.0. The molecule has 5 nitrogen and oxygen atoms in total. The molecule has 1 N–H and O–H groups in total. The highest BCUT2D eigenvalue weighted by Gasteiger charge is 2.21. The number of carbonyl (C=O) groups is 1. The summed E-state index contributed by atoms with van der Waals surface area (Å²) in [6, 6.07) is 6.01. The molecule has 1 aromatic carbocycles. The third kappa shape index (κ3) is 6.15. The lowest BCUT2D eigenvalue weighted by molar-refractivity contribution is -0.133. The molecule has 0 aromatic heterocycles. The first-order valence-corrected chi connectivity index (χ1v) is 8.11. The van der Waals surface area contributed by atoms with Crippen molar-refractivity contribution in [3.8, 4) is 5.75 Å². The highest BCUT2D eigenvalue weighted by Crippen LogP contribution is 2.13. The van der Waals surface area contributed by atoms with E-state index in [4.69, 9.17) is 4.74 Å². The number of halogens is 1. The molecule has 1 atom stereocenters. The van der Waals surface area contributed by atoms with Gasteiger partial charge in [-0.05, 0) is 25.5 Å². The zero-order valence-corrected chi connectivity index (χ0v) is 13.6. The lowest BCUT2D eigenvalue weighted by Crippen LogP contribution is -2.50. The number of nitrogens with zero attached hydrogens (tertiary/aromatic N) is 2. The molecule has 0 aliphatic carbocycles. The van der Waals surface area contributed by atoms with E-state index in [0.717, 1.165) is 13.1 Å². The Bertz CT molecular complexity index is 502. The van der Waals surface area contributed by atoms with Crippen LogP contribution in [0.25, 0.3) is 0 Å². The molecular formula is C17H25FN2O3. The standard InChI is InChI=1S/C17H25FN2O3/c1-14(21)13-19-7-9-20(10-8-19)17(22)6-3-11-23-16-5-2-4-15(18)12-16/h2,4-5,12,14,21H,3,6-11,13H2,1H3. The summed E-state index contributed by atoms with van der Waals surface area (Å²) in [6.07, 6.45) is 0.715. The maximum Gasteiger partial charge on any atom is 0.222 e. The van der Waals surface area contributed by atoms with E-state index >= 15 is 0 Å². The highest BCUT2D eigenvalue weighted by molar-refractivity contribution is 5.76. The van der Waals surface area contributed by atoms with E-state index in [9.17, 15) is 14.3 Å². The number of piperazine rings is 1. The molecule has 23 heavy (non-hydrogen) atoms. The second-order valence-electron chi connectivity index (χ2n) is 5.94. The van der Waals surface area contributed by atoms with Gasteiger partial charge in [-0.15, -0.1) is 0 Å². The third-order valence-electron chi connectivity index (χ3n) is 3.85.